The van der Waals surface area contributed by atoms with Gasteiger partial charge in [0.1, 0.15) is 0 Å². The molecule has 3 heterocycles. The maximum absolute atomic E-state index is 10.7. The van der Waals surface area contributed by atoms with Gasteiger partial charge in [-0.15, -0.1) is 5.10 Å². The second kappa shape index (κ2) is 5.26. The van der Waals surface area contributed by atoms with Crippen molar-refractivity contribution in [2.24, 2.45) is 0 Å². The van der Waals surface area contributed by atoms with Gasteiger partial charge in [-0.05, 0) is 19.3 Å². The van der Waals surface area contributed by atoms with Gasteiger partial charge in [-0.3, -0.25) is 4.90 Å². The number of carbonyl (C=O) groups is 1. The number of aromatic carboxylic acids is 1. The summed E-state index contributed by atoms with van der Waals surface area (Å²) in [5.74, 6) is -1.03. The standard InChI is InChI=1S/C12H18N4O3/c17-12(18)11-8-16(14-13-11)9-6-15(7-9)4-3-10-2-1-5-19-10/h8-10H,1-7H2,(H,17,18). The monoisotopic (exact) mass is 266 g/mol. The van der Waals surface area contributed by atoms with E-state index < -0.39 is 5.97 Å². The van der Waals surface area contributed by atoms with Gasteiger partial charge in [-0.2, -0.15) is 0 Å². The molecule has 3 rings (SSSR count). The lowest BCUT2D eigenvalue weighted by Crippen LogP contribution is -2.48. The number of rotatable bonds is 5. The molecular formula is C12H18N4O3. The molecule has 0 spiro atoms. The van der Waals surface area contributed by atoms with Gasteiger partial charge in [0.05, 0.1) is 18.3 Å². The highest BCUT2D eigenvalue weighted by atomic mass is 16.5. The Morgan fingerprint density at radius 1 is 1.53 bits per heavy atom. The molecule has 1 N–H and O–H groups in total. The normalized spacial score (nSPS) is 24.5. The Balaban J connectivity index is 1.42. The van der Waals surface area contributed by atoms with Crippen molar-refractivity contribution in [1.29, 1.82) is 0 Å². The van der Waals surface area contributed by atoms with Crippen molar-refractivity contribution >= 4 is 5.97 Å². The molecule has 2 fully saturated rings. The molecule has 0 amide bonds. The van der Waals surface area contributed by atoms with Gasteiger partial charge in [-0.1, -0.05) is 5.21 Å². The van der Waals surface area contributed by atoms with Gasteiger partial charge in [0.15, 0.2) is 5.69 Å². The Morgan fingerprint density at radius 3 is 3.00 bits per heavy atom. The molecule has 0 aromatic carbocycles. The van der Waals surface area contributed by atoms with Crippen LogP contribution in [0.5, 0.6) is 0 Å². The molecule has 0 saturated carbocycles. The summed E-state index contributed by atoms with van der Waals surface area (Å²) in [7, 11) is 0. The highest BCUT2D eigenvalue weighted by molar-refractivity contribution is 5.84. The number of hydrogen-bond acceptors (Lipinski definition) is 5. The lowest BCUT2D eigenvalue weighted by atomic mass is 10.1. The average molecular weight is 266 g/mol. The van der Waals surface area contributed by atoms with Crippen LogP contribution in [0, 0.1) is 0 Å². The zero-order chi connectivity index (χ0) is 13.2. The van der Waals surface area contributed by atoms with Crippen molar-refractivity contribution in [2.75, 3.05) is 26.2 Å². The van der Waals surface area contributed by atoms with Gasteiger partial charge < -0.3 is 9.84 Å². The highest BCUT2D eigenvalue weighted by Crippen LogP contribution is 2.22. The van der Waals surface area contributed by atoms with E-state index in [1.165, 1.54) is 19.0 Å². The summed E-state index contributed by atoms with van der Waals surface area (Å²) in [5.41, 5.74) is 0.0119. The fourth-order valence-electron chi connectivity index (χ4n) is 2.64. The van der Waals surface area contributed by atoms with Gasteiger partial charge >= 0.3 is 5.97 Å². The molecule has 19 heavy (non-hydrogen) atoms. The fourth-order valence-corrected chi connectivity index (χ4v) is 2.64. The molecule has 1 aromatic rings. The summed E-state index contributed by atoms with van der Waals surface area (Å²) >= 11 is 0. The van der Waals surface area contributed by atoms with Crippen molar-refractivity contribution < 1.29 is 14.6 Å². The smallest absolute Gasteiger partial charge is 0.358 e. The van der Waals surface area contributed by atoms with Gasteiger partial charge in [0, 0.05) is 26.2 Å². The summed E-state index contributed by atoms with van der Waals surface area (Å²) in [6, 6.07) is 0.255. The van der Waals surface area contributed by atoms with Crippen LogP contribution in [0.4, 0.5) is 0 Å². The van der Waals surface area contributed by atoms with Crippen LogP contribution in [-0.2, 0) is 4.74 Å². The van der Waals surface area contributed by atoms with E-state index in [1.54, 1.807) is 4.68 Å². The number of ether oxygens (including phenoxy) is 1. The van der Waals surface area contributed by atoms with Crippen LogP contribution in [0.15, 0.2) is 6.20 Å². The zero-order valence-electron chi connectivity index (χ0n) is 10.7. The summed E-state index contributed by atoms with van der Waals surface area (Å²) < 4.78 is 7.25. The molecule has 0 bridgehead atoms. The Bertz CT molecular complexity index is 450. The minimum absolute atomic E-state index is 0.0119. The van der Waals surface area contributed by atoms with Gasteiger partial charge in [-0.25, -0.2) is 9.48 Å². The van der Waals surface area contributed by atoms with Crippen LogP contribution in [0.2, 0.25) is 0 Å². The van der Waals surface area contributed by atoms with E-state index >= 15 is 0 Å². The summed E-state index contributed by atoms with van der Waals surface area (Å²) in [4.78, 5) is 13.1. The molecule has 1 unspecified atom stereocenters. The summed E-state index contributed by atoms with van der Waals surface area (Å²) in [6.45, 7) is 3.77. The van der Waals surface area contributed by atoms with Crippen LogP contribution >= 0.6 is 0 Å². The lowest BCUT2D eigenvalue weighted by Gasteiger charge is -2.39. The van der Waals surface area contributed by atoms with Crippen molar-refractivity contribution in [3.63, 3.8) is 0 Å². The third-order valence-corrected chi connectivity index (χ3v) is 3.83. The van der Waals surface area contributed by atoms with Crippen molar-refractivity contribution in [3.05, 3.63) is 11.9 Å². The van der Waals surface area contributed by atoms with E-state index in [1.807, 2.05) is 0 Å². The van der Waals surface area contributed by atoms with E-state index in [4.69, 9.17) is 9.84 Å². The summed E-state index contributed by atoms with van der Waals surface area (Å²) in [6.07, 6.45) is 5.39. The molecule has 7 nitrogen and oxygen atoms in total. The Kier molecular flexibility index (Phi) is 3.48. The Hall–Kier alpha value is -1.47. The largest absolute Gasteiger partial charge is 0.476 e. The number of carboxylic acids is 1. The first kappa shape index (κ1) is 12.6. The first-order chi connectivity index (χ1) is 9.22. The second-order valence-electron chi connectivity index (χ2n) is 5.23. The number of carboxylic acid groups (broad SMARTS) is 1. The second-order valence-corrected chi connectivity index (χ2v) is 5.23. The van der Waals surface area contributed by atoms with E-state index in [2.05, 4.69) is 15.2 Å². The Labute approximate surface area is 111 Å². The SMILES string of the molecule is O=C(O)c1cn(C2CN(CCC3CCCO3)C2)nn1. The molecule has 2 aliphatic heterocycles. The third-order valence-electron chi connectivity index (χ3n) is 3.83. The number of hydrogen-bond donors (Lipinski definition) is 1. The van der Waals surface area contributed by atoms with Gasteiger partial charge in [0.25, 0.3) is 0 Å². The molecule has 2 aliphatic rings. The molecule has 2 saturated heterocycles. The molecule has 104 valence electrons. The molecule has 1 atom stereocenters. The van der Waals surface area contributed by atoms with Crippen molar-refractivity contribution in [2.45, 2.75) is 31.4 Å². The third kappa shape index (κ3) is 2.76. The quantitative estimate of drug-likeness (QED) is 0.831. The number of likely N-dealkylation sites (tertiary alicyclic amines) is 1. The van der Waals surface area contributed by atoms with Crippen LogP contribution in [-0.4, -0.2) is 63.3 Å². The van der Waals surface area contributed by atoms with E-state index in [-0.39, 0.29) is 11.7 Å². The molecule has 7 heteroatoms. The highest BCUT2D eigenvalue weighted by Gasteiger charge is 2.30. The number of nitrogens with zero attached hydrogens (tertiary/aromatic N) is 4. The van der Waals surface area contributed by atoms with E-state index in [0.717, 1.165) is 32.7 Å². The van der Waals surface area contributed by atoms with Crippen LogP contribution in [0.25, 0.3) is 0 Å². The Morgan fingerprint density at radius 2 is 2.37 bits per heavy atom. The zero-order valence-corrected chi connectivity index (χ0v) is 10.7. The predicted octanol–water partition coefficient (Wildman–Crippen LogP) is 0.402. The maximum atomic E-state index is 10.7. The molecule has 0 radical (unpaired) electrons. The van der Waals surface area contributed by atoms with Crippen LogP contribution < -0.4 is 0 Å². The molecular weight excluding hydrogens is 248 g/mol. The van der Waals surface area contributed by atoms with Crippen molar-refractivity contribution in [3.8, 4) is 0 Å². The first-order valence-electron chi connectivity index (χ1n) is 6.71. The number of aromatic nitrogens is 3. The minimum atomic E-state index is -1.03. The minimum Gasteiger partial charge on any atom is -0.476 e. The average Bonchev–Trinajstić information content (AvgIpc) is 2.96. The van der Waals surface area contributed by atoms with Crippen molar-refractivity contribution in [1.82, 2.24) is 19.9 Å². The first-order valence-corrected chi connectivity index (χ1v) is 6.71. The van der Waals surface area contributed by atoms with Crippen LogP contribution in [0.1, 0.15) is 35.8 Å². The van der Waals surface area contributed by atoms with Crippen LogP contribution in [0.3, 0.4) is 0 Å². The lowest BCUT2D eigenvalue weighted by molar-refractivity contribution is 0.0567. The molecule has 0 aliphatic carbocycles. The topological polar surface area (TPSA) is 80.5 Å². The predicted molar refractivity (Wildman–Crippen MR) is 66.0 cm³/mol. The van der Waals surface area contributed by atoms with E-state index in [0.29, 0.717) is 6.10 Å². The van der Waals surface area contributed by atoms with Gasteiger partial charge in [0.2, 0.25) is 0 Å². The molecule has 1 aromatic heterocycles. The summed E-state index contributed by atoms with van der Waals surface area (Å²) in [5, 5.41) is 16.3. The maximum Gasteiger partial charge on any atom is 0.358 e. The van der Waals surface area contributed by atoms with E-state index in [9.17, 15) is 4.79 Å². The fraction of sp³-hybridized carbons (Fsp3) is 0.750.